The largest absolute Gasteiger partial charge is 0.303 e. The highest BCUT2D eigenvalue weighted by Crippen LogP contribution is 2.11. The molecule has 64 valence electrons. The molecule has 0 amide bonds. The molecular formula is C10H9N3. The van der Waals surface area contributed by atoms with Crippen molar-refractivity contribution in [3.8, 4) is 6.07 Å². The Labute approximate surface area is 76.3 Å². The highest BCUT2D eigenvalue weighted by molar-refractivity contribution is 5.46. The van der Waals surface area contributed by atoms with Gasteiger partial charge in [0.05, 0.1) is 11.3 Å². The van der Waals surface area contributed by atoms with Gasteiger partial charge in [-0.25, -0.2) is 4.98 Å². The average Bonchev–Trinajstić information content (AvgIpc) is 2.43. The van der Waals surface area contributed by atoms with E-state index in [1.165, 1.54) is 0 Å². The molecular weight excluding hydrogens is 162 g/mol. The van der Waals surface area contributed by atoms with Crippen LogP contribution in [0.3, 0.4) is 0 Å². The Morgan fingerprint density at radius 1 is 1.38 bits per heavy atom. The van der Waals surface area contributed by atoms with Crippen molar-refractivity contribution < 1.29 is 0 Å². The first-order valence-corrected chi connectivity index (χ1v) is 4.08. The molecule has 2 aromatic rings. The second kappa shape index (κ2) is 2.60. The lowest BCUT2D eigenvalue weighted by Crippen LogP contribution is -1.88. The van der Waals surface area contributed by atoms with E-state index in [-0.39, 0.29) is 0 Å². The number of nitriles is 1. The van der Waals surface area contributed by atoms with Crippen LogP contribution in [0, 0.1) is 25.2 Å². The third-order valence-corrected chi connectivity index (χ3v) is 2.22. The van der Waals surface area contributed by atoms with E-state index in [0.717, 1.165) is 17.0 Å². The van der Waals surface area contributed by atoms with Gasteiger partial charge in [-0.2, -0.15) is 5.26 Å². The van der Waals surface area contributed by atoms with Crippen molar-refractivity contribution in [1.82, 2.24) is 9.38 Å². The van der Waals surface area contributed by atoms with Crippen molar-refractivity contribution in [3.63, 3.8) is 0 Å². The Morgan fingerprint density at radius 3 is 2.85 bits per heavy atom. The first kappa shape index (κ1) is 7.81. The van der Waals surface area contributed by atoms with Gasteiger partial charge in [0.2, 0.25) is 0 Å². The van der Waals surface area contributed by atoms with Crippen molar-refractivity contribution in [2.75, 3.05) is 0 Å². The molecule has 0 aromatic carbocycles. The van der Waals surface area contributed by atoms with Gasteiger partial charge in [0.1, 0.15) is 11.7 Å². The molecule has 2 aromatic heterocycles. The molecule has 2 heterocycles. The Morgan fingerprint density at radius 2 is 2.15 bits per heavy atom. The van der Waals surface area contributed by atoms with Crippen LogP contribution < -0.4 is 0 Å². The number of hydrogen-bond acceptors (Lipinski definition) is 2. The molecule has 0 N–H and O–H groups in total. The lowest BCUT2D eigenvalue weighted by atomic mass is 10.3. The normalized spacial score (nSPS) is 10.2. The molecule has 3 nitrogen and oxygen atoms in total. The number of aryl methyl sites for hydroxylation is 2. The summed E-state index contributed by atoms with van der Waals surface area (Å²) >= 11 is 0. The van der Waals surface area contributed by atoms with Gasteiger partial charge in [0.15, 0.2) is 0 Å². The van der Waals surface area contributed by atoms with Crippen LogP contribution in [0.1, 0.15) is 17.0 Å². The summed E-state index contributed by atoms with van der Waals surface area (Å²) < 4.78 is 1.94. The van der Waals surface area contributed by atoms with Crippen LogP contribution in [0.25, 0.3) is 5.65 Å². The van der Waals surface area contributed by atoms with Crippen LogP contribution in [0.2, 0.25) is 0 Å². The summed E-state index contributed by atoms with van der Waals surface area (Å²) in [5.74, 6) is 0. The highest BCUT2D eigenvalue weighted by atomic mass is 15.0. The van der Waals surface area contributed by atoms with E-state index in [1.54, 1.807) is 6.07 Å². The fraction of sp³-hybridized carbons (Fsp3) is 0.200. The maximum atomic E-state index is 8.71. The smallest absolute Gasteiger partial charge is 0.137 e. The van der Waals surface area contributed by atoms with Crippen molar-refractivity contribution in [2.45, 2.75) is 13.8 Å². The number of rotatable bonds is 0. The zero-order valence-corrected chi connectivity index (χ0v) is 7.57. The van der Waals surface area contributed by atoms with E-state index in [2.05, 4.69) is 11.1 Å². The molecule has 0 atom stereocenters. The van der Waals surface area contributed by atoms with Crippen LogP contribution >= 0.6 is 0 Å². The molecule has 0 saturated heterocycles. The fourth-order valence-electron chi connectivity index (χ4n) is 1.35. The van der Waals surface area contributed by atoms with E-state index >= 15 is 0 Å². The van der Waals surface area contributed by atoms with E-state index in [1.807, 2.05) is 30.5 Å². The maximum absolute atomic E-state index is 8.71. The minimum Gasteiger partial charge on any atom is -0.303 e. The lowest BCUT2D eigenvalue weighted by molar-refractivity contribution is 1.09. The summed E-state index contributed by atoms with van der Waals surface area (Å²) in [6, 6.07) is 5.75. The van der Waals surface area contributed by atoms with Gasteiger partial charge in [-0.05, 0) is 26.0 Å². The van der Waals surface area contributed by atoms with Crippen LogP contribution in [0.4, 0.5) is 0 Å². The standard InChI is InChI=1S/C10H9N3/c1-7-8(2)13-6-9(5-11)3-4-10(13)12-7/h3-4,6H,1-2H3. The topological polar surface area (TPSA) is 41.1 Å². The van der Waals surface area contributed by atoms with Gasteiger partial charge in [-0.1, -0.05) is 0 Å². The molecule has 0 bridgehead atoms. The van der Waals surface area contributed by atoms with Crippen LogP contribution in [0.15, 0.2) is 18.3 Å². The van der Waals surface area contributed by atoms with E-state index in [0.29, 0.717) is 5.56 Å². The summed E-state index contributed by atoms with van der Waals surface area (Å²) in [4.78, 5) is 4.34. The molecule has 2 rings (SSSR count). The van der Waals surface area contributed by atoms with Gasteiger partial charge in [-0.15, -0.1) is 0 Å². The van der Waals surface area contributed by atoms with Crippen molar-refractivity contribution in [2.24, 2.45) is 0 Å². The lowest BCUT2D eigenvalue weighted by Gasteiger charge is -1.95. The number of fused-ring (bicyclic) bond motifs is 1. The van der Waals surface area contributed by atoms with Gasteiger partial charge < -0.3 is 4.40 Å². The minimum absolute atomic E-state index is 0.660. The maximum Gasteiger partial charge on any atom is 0.137 e. The molecule has 0 spiro atoms. The third-order valence-electron chi connectivity index (χ3n) is 2.22. The van der Waals surface area contributed by atoms with Crippen LogP contribution in [-0.2, 0) is 0 Å². The van der Waals surface area contributed by atoms with Crippen molar-refractivity contribution >= 4 is 5.65 Å². The van der Waals surface area contributed by atoms with Gasteiger partial charge in [0, 0.05) is 11.9 Å². The van der Waals surface area contributed by atoms with E-state index < -0.39 is 0 Å². The van der Waals surface area contributed by atoms with Gasteiger partial charge >= 0.3 is 0 Å². The quantitative estimate of drug-likeness (QED) is 0.606. The Bertz CT molecular complexity index is 503. The third kappa shape index (κ3) is 1.07. The summed E-state index contributed by atoms with van der Waals surface area (Å²) in [6.07, 6.45) is 1.81. The molecule has 0 fully saturated rings. The molecule has 0 aliphatic carbocycles. The Balaban J connectivity index is 2.84. The number of aromatic nitrogens is 2. The van der Waals surface area contributed by atoms with Crippen molar-refractivity contribution in [3.05, 3.63) is 35.3 Å². The van der Waals surface area contributed by atoms with E-state index in [4.69, 9.17) is 5.26 Å². The zero-order chi connectivity index (χ0) is 9.42. The molecule has 0 radical (unpaired) electrons. The summed E-state index contributed by atoms with van der Waals surface area (Å²) in [5.41, 5.74) is 3.66. The minimum atomic E-state index is 0.660. The highest BCUT2D eigenvalue weighted by Gasteiger charge is 2.03. The molecule has 3 heteroatoms. The average molecular weight is 171 g/mol. The molecule has 0 unspecified atom stereocenters. The zero-order valence-electron chi connectivity index (χ0n) is 7.57. The fourth-order valence-corrected chi connectivity index (χ4v) is 1.35. The van der Waals surface area contributed by atoms with Gasteiger partial charge in [-0.3, -0.25) is 0 Å². The molecule has 13 heavy (non-hydrogen) atoms. The molecule has 0 aliphatic rings. The van der Waals surface area contributed by atoms with Crippen molar-refractivity contribution in [1.29, 1.82) is 5.26 Å². The van der Waals surface area contributed by atoms with E-state index in [9.17, 15) is 0 Å². The first-order valence-electron chi connectivity index (χ1n) is 4.08. The van der Waals surface area contributed by atoms with Crippen LogP contribution in [0.5, 0.6) is 0 Å². The number of hydrogen-bond donors (Lipinski definition) is 0. The van der Waals surface area contributed by atoms with Gasteiger partial charge in [0.25, 0.3) is 0 Å². The molecule has 0 saturated carbocycles. The first-order chi connectivity index (χ1) is 6.22. The predicted molar refractivity (Wildman–Crippen MR) is 49.4 cm³/mol. The second-order valence-corrected chi connectivity index (χ2v) is 3.04. The Kier molecular flexibility index (Phi) is 1.56. The number of pyridine rings is 1. The summed E-state index contributed by atoms with van der Waals surface area (Å²) in [7, 11) is 0. The Hall–Kier alpha value is -1.82. The predicted octanol–water partition coefficient (Wildman–Crippen LogP) is 1.82. The number of nitrogens with zero attached hydrogens (tertiary/aromatic N) is 3. The SMILES string of the molecule is Cc1nc2ccc(C#N)cn2c1C. The summed E-state index contributed by atoms with van der Waals surface area (Å²) in [6.45, 7) is 3.96. The van der Waals surface area contributed by atoms with Crippen LogP contribution in [-0.4, -0.2) is 9.38 Å². The number of imidazole rings is 1. The molecule has 0 aliphatic heterocycles. The second-order valence-electron chi connectivity index (χ2n) is 3.04. The monoisotopic (exact) mass is 171 g/mol. The summed E-state index contributed by atoms with van der Waals surface area (Å²) in [5, 5.41) is 8.71.